The third kappa shape index (κ3) is 3.06. The lowest BCUT2D eigenvalue weighted by atomic mass is 10.2. The molecule has 0 amide bonds. The second-order valence-electron chi connectivity index (χ2n) is 2.91. The standard InChI is InChI=1S/C10H13NO3/c12-7-6-9(10(13)14)11-8-4-2-1-3-5-8/h1-5,9,11-12H,6-7H2,(H,13,14). The van der Waals surface area contributed by atoms with Gasteiger partial charge in [0.25, 0.3) is 0 Å². The zero-order valence-corrected chi connectivity index (χ0v) is 7.68. The molecule has 4 nitrogen and oxygen atoms in total. The average molecular weight is 195 g/mol. The number of rotatable bonds is 5. The van der Waals surface area contributed by atoms with E-state index in [1.807, 2.05) is 18.2 Å². The van der Waals surface area contributed by atoms with Gasteiger partial charge >= 0.3 is 5.97 Å². The number of aliphatic hydroxyl groups excluding tert-OH is 1. The van der Waals surface area contributed by atoms with Gasteiger partial charge in [0, 0.05) is 18.7 Å². The van der Waals surface area contributed by atoms with Gasteiger partial charge in [-0.05, 0) is 12.1 Å². The molecule has 0 heterocycles. The normalized spacial score (nSPS) is 12.1. The highest BCUT2D eigenvalue weighted by molar-refractivity contribution is 5.77. The van der Waals surface area contributed by atoms with Crippen LogP contribution in [0.1, 0.15) is 6.42 Å². The van der Waals surface area contributed by atoms with E-state index in [4.69, 9.17) is 10.2 Å². The molecule has 0 aliphatic carbocycles. The number of anilines is 1. The third-order valence-corrected chi connectivity index (χ3v) is 1.83. The zero-order chi connectivity index (χ0) is 10.4. The highest BCUT2D eigenvalue weighted by Gasteiger charge is 2.15. The van der Waals surface area contributed by atoms with Crippen molar-refractivity contribution in [3.63, 3.8) is 0 Å². The van der Waals surface area contributed by atoms with E-state index < -0.39 is 12.0 Å². The molecule has 1 unspecified atom stereocenters. The molecule has 0 fully saturated rings. The molecule has 1 aromatic carbocycles. The SMILES string of the molecule is O=C(O)C(CCO)Nc1ccccc1. The van der Waals surface area contributed by atoms with Gasteiger partial charge in [-0.3, -0.25) is 0 Å². The van der Waals surface area contributed by atoms with Gasteiger partial charge in [0.2, 0.25) is 0 Å². The Kier molecular flexibility index (Phi) is 3.94. The Labute approximate surface area is 82.2 Å². The van der Waals surface area contributed by atoms with E-state index in [0.717, 1.165) is 5.69 Å². The number of aliphatic carboxylic acids is 1. The van der Waals surface area contributed by atoms with Gasteiger partial charge in [-0.2, -0.15) is 0 Å². The van der Waals surface area contributed by atoms with Crippen molar-refractivity contribution in [1.29, 1.82) is 0 Å². The first-order valence-corrected chi connectivity index (χ1v) is 4.39. The van der Waals surface area contributed by atoms with E-state index in [0.29, 0.717) is 0 Å². The van der Waals surface area contributed by atoms with Crippen LogP contribution in [0.3, 0.4) is 0 Å². The zero-order valence-electron chi connectivity index (χ0n) is 7.68. The number of carbonyl (C=O) groups is 1. The number of para-hydroxylation sites is 1. The van der Waals surface area contributed by atoms with Gasteiger partial charge in [0.1, 0.15) is 6.04 Å². The summed E-state index contributed by atoms with van der Waals surface area (Å²) in [6.07, 6.45) is 0.199. The van der Waals surface area contributed by atoms with Crippen LogP contribution in [0, 0.1) is 0 Å². The topological polar surface area (TPSA) is 69.6 Å². The predicted molar refractivity (Wildman–Crippen MR) is 53.2 cm³/mol. The summed E-state index contributed by atoms with van der Waals surface area (Å²) in [6.45, 7) is -0.142. The molecule has 4 heteroatoms. The van der Waals surface area contributed by atoms with Crippen LogP contribution >= 0.6 is 0 Å². The van der Waals surface area contributed by atoms with Crippen LogP contribution in [0.25, 0.3) is 0 Å². The maximum Gasteiger partial charge on any atom is 0.326 e. The number of benzene rings is 1. The Morgan fingerprint density at radius 3 is 2.50 bits per heavy atom. The van der Waals surface area contributed by atoms with Crippen molar-refractivity contribution in [2.45, 2.75) is 12.5 Å². The van der Waals surface area contributed by atoms with Crippen molar-refractivity contribution >= 4 is 11.7 Å². The molecule has 1 rings (SSSR count). The fourth-order valence-electron chi connectivity index (χ4n) is 1.12. The van der Waals surface area contributed by atoms with Crippen LogP contribution < -0.4 is 5.32 Å². The Morgan fingerprint density at radius 2 is 2.00 bits per heavy atom. The average Bonchev–Trinajstić information content (AvgIpc) is 2.18. The summed E-state index contributed by atoms with van der Waals surface area (Å²) in [5.41, 5.74) is 0.744. The summed E-state index contributed by atoms with van der Waals surface area (Å²) in [5.74, 6) is -0.956. The molecule has 14 heavy (non-hydrogen) atoms. The predicted octanol–water partition coefficient (Wildman–Crippen LogP) is 0.934. The molecular weight excluding hydrogens is 182 g/mol. The van der Waals surface area contributed by atoms with Crippen molar-refractivity contribution in [1.82, 2.24) is 0 Å². The number of nitrogens with one attached hydrogen (secondary N) is 1. The molecule has 1 aromatic rings. The van der Waals surface area contributed by atoms with E-state index in [9.17, 15) is 4.79 Å². The molecule has 0 saturated carbocycles. The van der Waals surface area contributed by atoms with Crippen LogP contribution in [0.4, 0.5) is 5.69 Å². The maximum absolute atomic E-state index is 10.7. The van der Waals surface area contributed by atoms with Gasteiger partial charge < -0.3 is 15.5 Å². The number of carboxylic acids is 1. The Morgan fingerprint density at radius 1 is 1.36 bits per heavy atom. The molecule has 3 N–H and O–H groups in total. The summed E-state index contributed by atoms with van der Waals surface area (Å²) < 4.78 is 0. The molecule has 0 spiro atoms. The fourth-order valence-corrected chi connectivity index (χ4v) is 1.12. The first-order valence-electron chi connectivity index (χ1n) is 4.39. The Bertz CT molecular complexity index is 287. The summed E-state index contributed by atoms with van der Waals surface area (Å²) >= 11 is 0. The van der Waals surface area contributed by atoms with Crippen LogP contribution in [-0.4, -0.2) is 28.8 Å². The highest BCUT2D eigenvalue weighted by Crippen LogP contribution is 2.08. The van der Waals surface area contributed by atoms with Crippen molar-refractivity contribution < 1.29 is 15.0 Å². The van der Waals surface area contributed by atoms with Crippen LogP contribution in [0.2, 0.25) is 0 Å². The lowest BCUT2D eigenvalue weighted by Crippen LogP contribution is -2.30. The molecule has 0 aromatic heterocycles. The van der Waals surface area contributed by atoms with Gasteiger partial charge in [0.15, 0.2) is 0 Å². The molecule has 0 radical (unpaired) electrons. The fraction of sp³-hybridized carbons (Fsp3) is 0.300. The summed E-state index contributed by atoms with van der Waals surface area (Å²) in [5, 5.41) is 20.3. The van der Waals surface area contributed by atoms with Gasteiger partial charge in [0.05, 0.1) is 0 Å². The first-order chi connectivity index (χ1) is 6.74. The Hall–Kier alpha value is -1.55. The van der Waals surface area contributed by atoms with E-state index in [-0.39, 0.29) is 13.0 Å². The number of carboxylic acid groups (broad SMARTS) is 1. The van der Waals surface area contributed by atoms with E-state index in [1.54, 1.807) is 12.1 Å². The number of hydrogen-bond donors (Lipinski definition) is 3. The summed E-state index contributed by atoms with van der Waals surface area (Å²) in [6, 6.07) is 8.33. The quantitative estimate of drug-likeness (QED) is 0.653. The minimum Gasteiger partial charge on any atom is -0.480 e. The molecule has 1 atom stereocenters. The summed E-state index contributed by atoms with van der Waals surface area (Å²) in [4.78, 5) is 10.7. The second-order valence-corrected chi connectivity index (χ2v) is 2.91. The van der Waals surface area contributed by atoms with E-state index >= 15 is 0 Å². The molecule has 0 saturated heterocycles. The van der Waals surface area contributed by atoms with Gasteiger partial charge in [-0.15, -0.1) is 0 Å². The van der Waals surface area contributed by atoms with Crippen molar-refractivity contribution in [3.05, 3.63) is 30.3 Å². The maximum atomic E-state index is 10.7. The second kappa shape index (κ2) is 5.24. The van der Waals surface area contributed by atoms with Crippen molar-refractivity contribution in [2.24, 2.45) is 0 Å². The van der Waals surface area contributed by atoms with Gasteiger partial charge in [-0.1, -0.05) is 18.2 Å². The molecule has 76 valence electrons. The minimum atomic E-state index is -0.956. The van der Waals surface area contributed by atoms with Crippen LogP contribution in [0.5, 0.6) is 0 Å². The smallest absolute Gasteiger partial charge is 0.326 e. The van der Waals surface area contributed by atoms with E-state index in [2.05, 4.69) is 5.32 Å². The first kappa shape index (κ1) is 10.5. The number of hydrogen-bond acceptors (Lipinski definition) is 3. The third-order valence-electron chi connectivity index (χ3n) is 1.83. The molecular formula is C10H13NO3. The largest absolute Gasteiger partial charge is 0.480 e. The monoisotopic (exact) mass is 195 g/mol. The summed E-state index contributed by atoms with van der Waals surface area (Å²) in [7, 11) is 0. The lowest BCUT2D eigenvalue weighted by Gasteiger charge is -2.14. The molecule has 0 aliphatic rings. The van der Waals surface area contributed by atoms with Crippen LogP contribution in [-0.2, 0) is 4.79 Å². The van der Waals surface area contributed by atoms with Crippen molar-refractivity contribution in [2.75, 3.05) is 11.9 Å². The number of aliphatic hydroxyl groups is 1. The van der Waals surface area contributed by atoms with Crippen molar-refractivity contribution in [3.8, 4) is 0 Å². The van der Waals surface area contributed by atoms with Crippen LogP contribution in [0.15, 0.2) is 30.3 Å². The molecule has 0 bridgehead atoms. The van der Waals surface area contributed by atoms with E-state index in [1.165, 1.54) is 0 Å². The molecule has 0 aliphatic heterocycles. The van der Waals surface area contributed by atoms with Gasteiger partial charge in [-0.25, -0.2) is 4.79 Å². The lowest BCUT2D eigenvalue weighted by molar-refractivity contribution is -0.138. The minimum absolute atomic E-state index is 0.142. The highest BCUT2D eigenvalue weighted by atomic mass is 16.4. The Balaban J connectivity index is 2.60.